The maximum atomic E-state index is 11.9. The minimum Gasteiger partial charge on any atom is -0.477 e. The third-order valence-corrected chi connectivity index (χ3v) is 4.59. The fraction of sp³-hybridized carbons (Fsp3) is 0.400. The van der Waals surface area contributed by atoms with E-state index in [0.29, 0.717) is 0 Å². The molecule has 1 rings (SSSR count). The number of carboxylic acid groups (broad SMARTS) is 1. The van der Waals surface area contributed by atoms with Gasteiger partial charge in [0, 0.05) is 6.54 Å². The zero-order chi connectivity index (χ0) is 14.0. The highest BCUT2D eigenvalue weighted by Crippen LogP contribution is 2.22. The molecule has 0 saturated heterocycles. The first-order chi connectivity index (χ1) is 8.19. The molecule has 2 N–H and O–H groups in total. The molecular formula is C10H12N2O4S2. The van der Waals surface area contributed by atoms with Gasteiger partial charge in [-0.3, -0.25) is 0 Å². The van der Waals surface area contributed by atoms with Crippen LogP contribution in [0.5, 0.6) is 0 Å². The van der Waals surface area contributed by atoms with Crippen molar-refractivity contribution in [1.29, 1.82) is 5.26 Å². The Morgan fingerprint density at radius 2 is 2.22 bits per heavy atom. The second-order valence-corrected chi connectivity index (χ2v) is 6.89. The summed E-state index contributed by atoms with van der Waals surface area (Å²) < 4.78 is 26.0. The van der Waals surface area contributed by atoms with E-state index in [9.17, 15) is 13.2 Å². The van der Waals surface area contributed by atoms with Crippen LogP contribution in [0.25, 0.3) is 0 Å². The molecule has 6 nitrogen and oxygen atoms in total. The lowest BCUT2D eigenvalue weighted by Crippen LogP contribution is -2.33. The SMILES string of the molecule is CC(C)(C#N)CNS(=O)(=O)c1ccsc1C(=O)O. The second-order valence-electron chi connectivity index (χ2n) is 4.24. The van der Waals surface area contributed by atoms with E-state index >= 15 is 0 Å². The number of sulfonamides is 1. The van der Waals surface area contributed by atoms with Crippen molar-refractivity contribution in [3.05, 3.63) is 16.3 Å². The minimum atomic E-state index is -3.91. The summed E-state index contributed by atoms with van der Waals surface area (Å²) >= 11 is 0.840. The molecule has 1 heterocycles. The van der Waals surface area contributed by atoms with Crippen molar-refractivity contribution < 1.29 is 18.3 Å². The lowest BCUT2D eigenvalue weighted by molar-refractivity contribution is 0.0698. The Morgan fingerprint density at radius 1 is 1.61 bits per heavy atom. The highest BCUT2D eigenvalue weighted by molar-refractivity contribution is 7.89. The van der Waals surface area contributed by atoms with Crippen molar-refractivity contribution in [3.63, 3.8) is 0 Å². The average molecular weight is 288 g/mol. The number of nitrogens with one attached hydrogen (secondary N) is 1. The van der Waals surface area contributed by atoms with Gasteiger partial charge in [-0.2, -0.15) is 5.26 Å². The van der Waals surface area contributed by atoms with Gasteiger partial charge in [-0.1, -0.05) is 0 Å². The van der Waals surface area contributed by atoms with E-state index in [0.717, 1.165) is 11.3 Å². The molecule has 8 heteroatoms. The molecule has 0 atom stereocenters. The van der Waals surface area contributed by atoms with Gasteiger partial charge in [0.2, 0.25) is 10.0 Å². The maximum absolute atomic E-state index is 11.9. The molecule has 0 amide bonds. The normalized spacial score (nSPS) is 12.1. The molecule has 0 aliphatic carbocycles. The quantitative estimate of drug-likeness (QED) is 0.848. The molecule has 0 bridgehead atoms. The van der Waals surface area contributed by atoms with Crippen LogP contribution in [0.2, 0.25) is 0 Å². The van der Waals surface area contributed by atoms with Crippen LogP contribution in [0.1, 0.15) is 23.5 Å². The summed E-state index contributed by atoms with van der Waals surface area (Å²) in [7, 11) is -3.91. The van der Waals surface area contributed by atoms with Crippen LogP contribution in [0.15, 0.2) is 16.3 Å². The van der Waals surface area contributed by atoms with Crippen molar-refractivity contribution in [3.8, 4) is 6.07 Å². The molecule has 1 aromatic heterocycles. The smallest absolute Gasteiger partial charge is 0.347 e. The van der Waals surface area contributed by atoms with Crippen molar-refractivity contribution >= 4 is 27.3 Å². The molecule has 0 aliphatic heterocycles. The van der Waals surface area contributed by atoms with Crippen LogP contribution in [-0.4, -0.2) is 26.0 Å². The van der Waals surface area contributed by atoms with E-state index in [-0.39, 0.29) is 16.3 Å². The molecule has 0 fully saturated rings. The Bertz CT molecular complexity index is 596. The van der Waals surface area contributed by atoms with Gasteiger partial charge in [0.15, 0.2) is 0 Å². The molecule has 0 aromatic carbocycles. The predicted octanol–water partition coefficient (Wildman–Crippen LogP) is 1.27. The Kier molecular flexibility index (Phi) is 4.11. The minimum absolute atomic E-state index is 0.0826. The summed E-state index contributed by atoms with van der Waals surface area (Å²) in [5, 5.41) is 19.0. The van der Waals surface area contributed by atoms with Crippen LogP contribution in [0.4, 0.5) is 0 Å². The molecule has 18 heavy (non-hydrogen) atoms. The number of rotatable bonds is 5. The molecule has 0 spiro atoms. The van der Waals surface area contributed by atoms with E-state index in [4.69, 9.17) is 10.4 Å². The summed E-state index contributed by atoms with van der Waals surface area (Å²) in [5.74, 6) is -1.29. The van der Waals surface area contributed by atoms with Gasteiger partial charge in [-0.05, 0) is 25.3 Å². The number of nitriles is 1. The van der Waals surface area contributed by atoms with E-state index < -0.39 is 21.4 Å². The number of aromatic carboxylic acids is 1. The van der Waals surface area contributed by atoms with E-state index in [1.807, 2.05) is 6.07 Å². The van der Waals surface area contributed by atoms with Crippen LogP contribution >= 0.6 is 11.3 Å². The van der Waals surface area contributed by atoms with Gasteiger partial charge in [-0.15, -0.1) is 11.3 Å². The first-order valence-corrected chi connectivity index (χ1v) is 7.27. The van der Waals surface area contributed by atoms with Crippen molar-refractivity contribution in [2.24, 2.45) is 5.41 Å². The number of carbonyl (C=O) groups is 1. The summed E-state index contributed by atoms with van der Waals surface area (Å²) in [4.78, 5) is 10.3. The average Bonchev–Trinajstić information content (AvgIpc) is 2.76. The molecule has 1 aromatic rings. The number of thiophene rings is 1. The third kappa shape index (κ3) is 3.29. The number of hydrogen-bond donors (Lipinski definition) is 2. The van der Waals surface area contributed by atoms with Crippen molar-refractivity contribution in [2.45, 2.75) is 18.7 Å². The number of nitrogens with zero attached hydrogens (tertiary/aromatic N) is 1. The highest BCUT2D eigenvalue weighted by atomic mass is 32.2. The molecule has 0 aliphatic rings. The lowest BCUT2D eigenvalue weighted by atomic mass is 9.97. The summed E-state index contributed by atoms with van der Waals surface area (Å²) in [6.45, 7) is 3.09. The van der Waals surface area contributed by atoms with Crippen molar-refractivity contribution in [2.75, 3.05) is 6.54 Å². The van der Waals surface area contributed by atoms with Crippen LogP contribution in [0.3, 0.4) is 0 Å². The zero-order valence-electron chi connectivity index (χ0n) is 9.80. The van der Waals surface area contributed by atoms with E-state index in [1.54, 1.807) is 13.8 Å². The first-order valence-electron chi connectivity index (χ1n) is 4.91. The Morgan fingerprint density at radius 3 is 2.72 bits per heavy atom. The largest absolute Gasteiger partial charge is 0.477 e. The number of hydrogen-bond acceptors (Lipinski definition) is 5. The van der Waals surface area contributed by atoms with Crippen LogP contribution in [0, 0.1) is 16.7 Å². The van der Waals surface area contributed by atoms with Gasteiger partial charge in [0.1, 0.15) is 9.77 Å². The Labute approximate surface area is 109 Å². The fourth-order valence-corrected chi connectivity index (χ4v) is 3.53. The molecule has 0 saturated carbocycles. The van der Waals surface area contributed by atoms with E-state index in [1.165, 1.54) is 11.4 Å². The zero-order valence-corrected chi connectivity index (χ0v) is 11.4. The fourth-order valence-electron chi connectivity index (χ4n) is 1.06. The monoisotopic (exact) mass is 288 g/mol. The highest BCUT2D eigenvalue weighted by Gasteiger charge is 2.26. The van der Waals surface area contributed by atoms with Gasteiger partial charge in [0.05, 0.1) is 11.5 Å². The van der Waals surface area contributed by atoms with Gasteiger partial charge in [0.25, 0.3) is 0 Å². The van der Waals surface area contributed by atoms with Crippen LogP contribution in [-0.2, 0) is 10.0 Å². The first kappa shape index (κ1) is 14.6. The summed E-state index contributed by atoms with van der Waals surface area (Å²) in [6, 6.07) is 3.19. The van der Waals surface area contributed by atoms with Crippen molar-refractivity contribution in [1.82, 2.24) is 4.72 Å². The van der Waals surface area contributed by atoms with Gasteiger partial charge in [-0.25, -0.2) is 17.9 Å². The standard InChI is InChI=1S/C10H12N2O4S2/c1-10(2,5-11)6-12-18(15,16)7-3-4-17-8(7)9(13)14/h3-4,12H,6H2,1-2H3,(H,13,14). The maximum Gasteiger partial charge on any atom is 0.347 e. The third-order valence-electron chi connectivity index (χ3n) is 2.12. The molecule has 0 unspecified atom stereocenters. The molecule has 98 valence electrons. The number of carboxylic acids is 1. The van der Waals surface area contributed by atoms with Gasteiger partial charge < -0.3 is 5.11 Å². The van der Waals surface area contributed by atoms with E-state index in [2.05, 4.69) is 4.72 Å². The predicted molar refractivity (Wildman–Crippen MR) is 65.9 cm³/mol. The second kappa shape index (κ2) is 5.06. The molecular weight excluding hydrogens is 276 g/mol. The van der Waals surface area contributed by atoms with Gasteiger partial charge >= 0.3 is 5.97 Å². The Balaban J connectivity index is 2.98. The molecule has 0 radical (unpaired) electrons. The Hall–Kier alpha value is -1.43. The summed E-state index contributed by atoms with van der Waals surface area (Å²) in [5.41, 5.74) is -0.855. The topological polar surface area (TPSA) is 107 Å². The summed E-state index contributed by atoms with van der Waals surface area (Å²) in [6.07, 6.45) is 0. The lowest BCUT2D eigenvalue weighted by Gasteiger charge is -2.15. The van der Waals surface area contributed by atoms with Crippen LogP contribution < -0.4 is 4.72 Å².